The van der Waals surface area contributed by atoms with E-state index in [0.717, 1.165) is 25.9 Å². The number of fused-ring (bicyclic) bond motifs is 1. The average Bonchev–Trinajstić information content (AvgIpc) is 3.08. The lowest BCUT2D eigenvalue weighted by Crippen LogP contribution is -2.37. The molecule has 5 heteroatoms. The molecule has 1 heterocycles. The molecule has 1 atom stereocenters. The number of carbonyl (C=O) groups is 1. The lowest BCUT2D eigenvalue weighted by atomic mass is 10.2. The molecule has 2 aromatic rings. The van der Waals surface area contributed by atoms with Gasteiger partial charge in [-0.3, -0.25) is 4.79 Å². The first-order chi connectivity index (χ1) is 12.7. The monoisotopic (exact) mass is 354 g/mol. The number of anilines is 1. The summed E-state index contributed by atoms with van der Waals surface area (Å²) in [6.45, 7) is 4.40. The minimum atomic E-state index is -0.547. The number of nitrogens with one attached hydrogen (secondary N) is 1. The van der Waals surface area contributed by atoms with Crippen LogP contribution in [0.15, 0.2) is 48.5 Å². The fourth-order valence-electron chi connectivity index (χ4n) is 3.20. The van der Waals surface area contributed by atoms with Crippen LogP contribution in [0.1, 0.15) is 18.9 Å². The Hall–Kier alpha value is -2.69. The van der Waals surface area contributed by atoms with Crippen LogP contribution in [-0.2, 0) is 11.2 Å². The molecular formula is C21H26N2O3. The number of nitrogens with zero attached hydrogens (tertiary/aromatic N) is 1. The zero-order valence-electron chi connectivity index (χ0n) is 15.4. The first kappa shape index (κ1) is 18.1. The molecule has 1 amide bonds. The van der Waals surface area contributed by atoms with E-state index in [1.165, 1.54) is 11.3 Å². The maximum absolute atomic E-state index is 12.2. The van der Waals surface area contributed by atoms with Crippen molar-refractivity contribution in [2.45, 2.75) is 25.9 Å². The first-order valence-corrected chi connectivity index (χ1v) is 9.08. The van der Waals surface area contributed by atoms with Crippen molar-refractivity contribution in [3.05, 3.63) is 54.1 Å². The highest BCUT2D eigenvalue weighted by Gasteiger charge is 2.18. The molecule has 1 unspecified atom stereocenters. The second-order valence-corrected chi connectivity index (χ2v) is 6.45. The Morgan fingerprint density at radius 2 is 2.00 bits per heavy atom. The van der Waals surface area contributed by atoms with Crippen LogP contribution in [0.4, 0.5) is 5.69 Å². The van der Waals surface area contributed by atoms with Crippen LogP contribution in [0, 0.1) is 0 Å². The third-order valence-electron chi connectivity index (χ3n) is 4.61. The van der Waals surface area contributed by atoms with Crippen molar-refractivity contribution in [2.75, 3.05) is 31.6 Å². The van der Waals surface area contributed by atoms with Gasteiger partial charge in [-0.1, -0.05) is 24.3 Å². The standard InChI is InChI=1S/C21H26N2O3/c1-16(26-19-9-5-8-18(15-19)25-2)21(24)22-12-6-13-23-14-11-17-7-3-4-10-20(17)23/h3-5,7-10,15-16H,6,11-14H2,1-2H3,(H,22,24). The lowest BCUT2D eigenvalue weighted by Gasteiger charge is -2.20. The molecular weight excluding hydrogens is 328 g/mol. The fourth-order valence-corrected chi connectivity index (χ4v) is 3.20. The number of hydrogen-bond donors (Lipinski definition) is 1. The second-order valence-electron chi connectivity index (χ2n) is 6.45. The van der Waals surface area contributed by atoms with Crippen molar-refractivity contribution in [1.29, 1.82) is 0 Å². The van der Waals surface area contributed by atoms with E-state index >= 15 is 0 Å². The van der Waals surface area contributed by atoms with Gasteiger partial charge < -0.3 is 19.7 Å². The summed E-state index contributed by atoms with van der Waals surface area (Å²) < 4.78 is 10.9. The van der Waals surface area contributed by atoms with Gasteiger partial charge >= 0.3 is 0 Å². The summed E-state index contributed by atoms with van der Waals surface area (Å²) >= 11 is 0. The van der Waals surface area contributed by atoms with E-state index in [-0.39, 0.29) is 5.91 Å². The van der Waals surface area contributed by atoms with Crippen LogP contribution < -0.4 is 19.7 Å². The van der Waals surface area contributed by atoms with E-state index in [2.05, 4.69) is 34.5 Å². The minimum Gasteiger partial charge on any atom is -0.497 e. The number of amides is 1. The quantitative estimate of drug-likeness (QED) is 0.741. The van der Waals surface area contributed by atoms with Gasteiger partial charge in [0, 0.05) is 31.4 Å². The molecule has 26 heavy (non-hydrogen) atoms. The van der Waals surface area contributed by atoms with Crippen LogP contribution in [0.3, 0.4) is 0 Å². The second kappa shape index (κ2) is 8.61. The predicted molar refractivity (Wildman–Crippen MR) is 103 cm³/mol. The van der Waals surface area contributed by atoms with Gasteiger partial charge in [0.1, 0.15) is 11.5 Å². The van der Waals surface area contributed by atoms with Crippen molar-refractivity contribution in [3.63, 3.8) is 0 Å². The van der Waals surface area contributed by atoms with Gasteiger partial charge in [-0.25, -0.2) is 0 Å². The van der Waals surface area contributed by atoms with Crippen molar-refractivity contribution in [2.24, 2.45) is 0 Å². The molecule has 3 rings (SSSR count). The molecule has 0 saturated carbocycles. The van der Waals surface area contributed by atoms with Gasteiger partial charge in [0.25, 0.3) is 5.91 Å². The molecule has 1 aliphatic rings. The number of hydrogen-bond acceptors (Lipinski definition) is 4. The summed E-state index contributed by atoms with van der Waals surface area (Å²) in [6.07, 6.45) is 1.47. The Kier molecular flexibility index (Phi) is 6.00. The molecule has 0 radical (unpaired) electrons. The SMILES string of the molecule is COc1cccc(OC(C)C(=O)NCCCN2CCc3ccccc32)c1. The third-order valence-corrected chi connectivity index (χ3v) is 4.61. The Bertz CT molecular complexity index is 748. The normalized spacial score (nSPS) is 13.8. The van der Waals surface area contributed by atoms with Gasteiger partial charge in [0.2, 0.25) is 0 Å². The summed E-state index contributed by atoms with van der Waals surface area (Å²) in [6, 6.07) is 15.8. The number of carbonyl (C=O) groups excluding carboxylic acids is 1. The smallest absolute Gasteiger partial charge is 0.260 e. The summed E-state index contributed by atoms with van der Waals surface area (Å²) in [5.41, 5.74) is 2.74. The molecule has 0 aromatic heterocycles. The van der Waals surface area contributed by atoms with Crippen LogP contribution in [0.25, 0.3) is 0 Å². The van der Waals surface area contributed by atoms with Crippen LogP contribution in [0.5, 0.6) is 11.5 Å². The van der Waals surface area contributed by atoms with Crippen molar-refractivity contribution in [1.82, 2.24) is 5.32 Å². The molecule has 1 N–H and O–H groups in total. The molecule has 138 valence electrons. The van der Waals surface area contributed by atoms with E-state index in [9.17, 15) is 4.79 Å². The van der Waals surface area contributed by atoms with Crippen LogP contribution >= 0.6 is 0 Å². The molecule has 0 aliphatic carbocycles. The van der Waals surface area contributed by atoms with E-state index in [0.29, 0.717) is 18.0 Å². The zero-order valence-corrected chi connectivity index (χ0v) is 15.4. The van der Waals surface area contributed by atoms with E-state index in [1.54, 1.807) is 20.1 Å². The third kappa shape index (κ3) is 4.48. The number of rotatable bonds is 8. The fraction of sp³-hybridized carbons (Fsp3) is 0.381. The van der Waals surface area contributed by atoms with Crippen molar-refractivity contribution in [3.8, 4) is 11.5 Å². The van der Waals surface area contributed by atoms with Crippen molar-refractivity contribution >= 4 is 11.6 Å². The maximum Gasteiger partial charge on any atom is 0.260 e. The van der Waals surface area contributed by atoms with E-state index < -0.39 is 6.10 Å². The molecule has 0 fully saturated rings. The summed E-state index contributed by atoms with van der Waals surface area (Å²) in [5.74, 6) is 1.23. The van der Waals surface area contributed by atoms with Gasteiger partial charge in [-0.15, -0.1) is 0 Å². The molecule has 0 saturated heterocycles. The van der Waals surface area contributed by atoms with E-state index in [4.69, 9.17) is 9.47 Å². The topological polar surface area (TPSA) is 50.8 Å². The Balaban J connectivity index is 1.40. The van der Waals surface area contributed by atoms with Crippen LogP contribution in [-0.4, -0.2) is 38.8 Å². The zero-order chi connectivity index (χ0) is 18.4. The maximum atomic E-state index is 12.2. The molecule has 0 bridgehead atoms. The van der Waals surface area contributed by atoms with Gasteiger partial charge in [0.05, 0.1) is 7.11 Å². The van der Waals surface area contributed by atoms with Crippen LogP contribution in [0.2, 0.25) is 0 Å². The van der Waals surface area contributed by atoms with E-state index in [1.807, 2.05) is 18.2 Å². The Morgan fingerprint density at radius 1 is 1.19 bits per heavy atom. The summed E-state index contributed by atoms with van der Waals surface area (Å²) in [5, 5.41) is 2.96. The number of methoxy groups -OCH3 is 1. The highest BCUT2D eigenvalue weighted by atomic mass is 16.5. The highest BCUT2D eigenvalue weighted by Crippen LogP contribution is 2.27. The summed E-state index contributed by atoms with van der Waals surface area (Å²) in [4.78, 5) is 14.6. The molecule has 1 aliphatic heterocycles. The van der Waals surface area contributed by atoms with Gasteiger partial charge in [-0.2, -0.15) is 0 Å². The first-order valence-electron chi connectivity index (χ1n) is 9.08. The van der Waals surface area contributed by atoms with Gasteiger partial charge in [-0.05, 0) is 43.5 Å². The predicted octanol–water partition coefficient (Wildman–Crippen LogP) is 3.03. The minimum absolute atomic E-state index is 0.102. The molecule has 5 nitrogen and oxygen atoms in total. The van der Waals surface area contributed by atoms with Crippen molar-refractivity contribution < 1.29 is 14.3 Å². The highest BCUT2D eigenvalue weighted by molar-refractivity contribution is 5.80. The Labute approximate surface area is 154 Å². The largest absolute Gasteiger partial charge is 0.497 e. The average molecular weight is 354 g/mol. The van der Waals surface area contributed by atoms with Gasteiger partial charge in [0.15, 0.2) is 6.10 Å². The Morgan fingerprint density at radius 3 is 2.85 bits per heavy atom. The lowest BCUT2D eigenvalue weighted by molar-refractivity contribution is -0.127. The molecule has 2 aromatic carbocycles. The number of benzene rings is 2. The number of para-hydroxylation sites is 1. The molecule has 0 spiro atoms. The summed E-state index contributed by atoms with van der Waals surface area (Å²) in [7, 11) is 1.61. The number of ether oxygens (including phenoxy) is 2.